The third-order valence-electron chi connectivity index (χ3n) is 3.16. The number of aryl methyl sites for hydroxylation is 4. The van der Waals surface area contributed by atoms with E-state index in [2.05, 4.69) is 64.1 Å². The lowest BCUT2D eigenvalue weighted by Gasteiger charge is -1.98. The van der Waals surface area contributed by atoms with Gasteiger partial charge in [-0.25, -0.2) is 0 Å². The van der Waals surface area contributed by atoms with Crippen LogP contribution in [0.4, 0.5) is 0 Å². The highest BCUT2D eigenvalue weighted by atomic mass is 127. The highest BCUT2D eigenvalue weighted by molar-refractivity contribution is 5.25. The van der Waals surface area contributed by atoms with Gasteiger partial charge in [0.25, 0.3) is 0 Å². The van der Waals surface area contributed by atoms with E-state index in [1.165, 1.54) is 29.4 Å². The first-order valence-corrected chi connectivity index (χ1v) is 8.01. The lowest BCUT2D eigenvalue weighted by molar-refractivity contribution is -0.597. The molecule has 0 amide bonds. The van der Waals surface area contributed by atoms with Crippen molar-refractivity contribution in [1.82, 2.24) is 0 Å². The normalized spacial score (nSPS) is 10.0. The highest BCUT2D eigenvalue weighted by Gasteiger charge is 2.16. The molecule has 0 N–H and O–H groups in total. The summed E-state index contributed by atoms with van der Waals surface area (Å²) in [5.41, 5.74) is 5.59. The summed E-state index contributed by atoms with van der Waals surface area (Å²) >= 11 is -0.0304. The molecule has 0 aliphatic heterocycles. The molecule has 0 fully saturated rings. The fourth-order valence-electron chi connectivity index (χ4n) is 1.65. The van der Waals surface area contributed by atoms with Gasteiger partial charge in [0, 0.05) is 0 Å². The Kier molecular flexibility index (Phi) is 5.67. The molecule has 0 heterocycles. The summed E-state index contributed by atoms with van der Waals surface area (Å²) in [4.78, 5) is 0. The second-order valence-corrected chi connectivity index (χ2v) is 7.58. The molecule has 0 atom stereocenters. The van der Waals surface area contributed by atoms with E-state index in [4.69, 9.17) is 0 Å². The van der Waals surface area contributed by atoms with Gasteiger partial charge in [-0.3, -0.25) is 0 Å². The summed E-state index contributed by atoms with van der Waals surface area (Å²) < 4.78 is 3.02. The average Bonchev–Trinajstić information content (AvgIpc) is 2.29. The van der Waals surface area contributed by atoms with E-state index >= 15 is 0 Å². The molecule has 18 heavy (non-hydrogen) atoms. The predicted molar refractivity (Wildman–Crippen MR) is 69.2 cm³/mol. The largest absolute Gasteiger partial charge is 1.00 e. The number of rotatable bonds is 2. The Morgan fingerprint density at radius 1 is 0.611 bits per heavy atom. The first-order valence-electron chi connectivity index (χ1n) is 5.85. The van der Waals surface area contributed by atoms with Gasteiger partial charge in [0.2, 0.25) is 0 Å². The lowest BCUT2D eigenvalue weighted by atomic mass is 10.1. The molecule has 0 nitrogen and oxygen atoms in total. The molecule has 96 valence electrons. The Morgan fingerprint density at radius 2 is 1.00 bits per heavy atom. The van der Waals surface area contributed by atoms with Crippen LogP contribution in [0, 0.1) is 34.8 Å². The Hall–Kier alpha value is -0.540. The molecule has 0 saturated carbocycles. The maximum Gasteiger partial charge on any atom is 0.357 e. The fourth-order valence-corrected chi connectivity index (χ4v) is 4.34. The summed E-state index contributed by atoms with van der Waals surface area (Å²) in [5, 5.41) is 0. The zero-order valence-corrected chi connectivity index (χ0v) is 14.1. The van der Waals surface area contributed by atoms with Gasteiger partial charge in [-0.2, -0.15) is 0 Å². The van der Waals surface area contributed by atoms with Crippen molar-refractivity contribution in [3.8, 4) is 0 Å². The molecule has 2 aromatic carbocycles. The topological polar surface area (TPSA) is 0 Å². The first kappa shape index (κ1) is 15.5. The van der Waals surface area contributed by atoms with Gasteiger partial charge in [-0.1, -0.05) is 12.1 Å². The van der Waals surface area contributed by atoms with Crippen molar-refractivity contribution in [3.05, 3.63) is 65.8 Å². The van der Waals surface area contributed by atoms with Gasteiger partial charge in [-0.15, -0.1) is 0 Å². The molecule has 0 aliphatic rings. The van der Waals surface area contributed by atoms with Crippen molar-refractivity contribution in [1.29, 1.82) is 0 Å². The second kappa shape index (κ2) is 6.58. The quantitative estimate of drug-likeness (QED) is 0.538. The number of halogens is 2. The maximum absolute atomic E-state index is 2.35. The Morgan fingerprint density at radius 3 is 1.33 bits per heavy atom. The van der Waals surface area contributed by atoms with Crippen molar-refractivity contribution in [2.45, 2.75) is 27.7 Å². The summed E-state index contributed by atoms with van der Waals surface area (Å²) in [5.74, 6) is 0. The smallest absolute Gasteiger partial charge is 0.357 e. The molecular weight excluding hydrogens is 355 g/mol. The molecular formula is C16H18ClI. The molecule has 2 heteroatoms. The summed E-state index contributed by atoms with van der Waals surface area (Å²) in [6.45, 7) is 8.74. The van der Waals surface area contributed by atoms with Crippen molar-refractivity contribution in [3.63, 3.8) is 0 Å². The van der Waals surface area contributed by atoms with E-state index in [-0.39, 0.29) is 33.6 Å². The van der Waals surface area contributed by atoms with Crippen molar-refractivity contribution < 1.29 is 33.6 Å². The third-order valence-corrected chi connectivity index (χ3v) is 5.74. The molecule has 0 aliphatic carbocycles. The fraction of sp³-hybridized carbons (Fsp3) is 0.250. The highest BCUT2D eigenvalue weighted by Crippen LogP contribution is 2.05. The SMILES string of the molecule is Cc1ccc([I+]c2ccc(C)c(C)c2)cc1C.[Cl-]. The van der Waals surface area contributed by atoms with Gasteiger partial charge >= 0.3 is 21.2 Å². The maximum atomic E-state index is 2.35. The minimum Gasteiger partial charge on any atom is -1.00 e. The second-order valence-electron chi connectivity index (χ2n) is 4.55. The monoisotopic (exact) mass is 372 g/mol. The third kappa shape index (κ3) is 3.72. The molecule has 0 spiro atoms. The van der Waals surface area contributed by atoms with Crippen LogP contribution in [0.2, 0.25) is 0 Å². The minimum absolute atomic E-state index is 0. The summed E-state index contributed by atoms with van der Waals surface area (Å²) in [6, 6.07) is 13.7. The van der Waals surface area contributed by atoms with Crippen LogP contribution in [0.15, 0.2) is 36.4 Å². The standard InChI is InChI=1S/C16H18I.ClH/c1-11-5-7-15(9-13(11)3)17-16-8-6-12(2)14(4)10-16;/h5-10H,1-4H3;1H/q+1;/p-1. The van der Waals surface area contributed by atoms with E-state index < -0.39 is 0 Å². The van der Waals surface area contributed by atoms with Gasteiger partial charge in [-0.05, 0) is 74.2 Å². The molecule has 0 saturated heterocycles. The molecule has 0 unspecified atom stereocenters. The number of hydrogen-bond donors (Lipinski definition) is 0. The molecule has 0 radical (unpaired) electrons. The Bertz CT molecular complexity index is 497. The minimum atomic E-state index is -0.0304. The summed E-state index contributed by atoms with van der Waals surface area (Å²) in [7, 11) is 0. The Labute approximate surface area is 126 Å². The van der Waals surface area contributed by atoms with Crippen LogP contribution < -0.4 is 33.6 Å². The van der Waals surface area contributed by atoms with E-state index in [9.17, 15) is 0 Å². The molecule has 2 aromatic rings. The van der Waals surface area contributed by atoms with Gasteiger partial charge in [0.15, 0.2) is 7.14 Å². The van der Waals surface area contributed by atoms with Crippen LogP contribution in [-0.2, 0) is 0 Å². The van der Waals surface area contributed by atoms with E-state index in [0.29, 0.717) is 0 Å². The van der Waals surface area contributed by atoms with Crippen LogP contribution in [0.3, 0.4) is 0 Å². The average molecular weight is 373 g/mol. The Balaban J connectivity index is 0.00000162. The van der Waals surface area contributed by atoms with Crippen LogP contribution in [0.1, 0.15) is 22.3 Å². The van der Waals surface area contributed by atoms with Crippen molar-refractivity contribution in [2.24, 2.45) is 0 Å². The molecule has 0 aromatic heterocycles. The van der Waals surface area contributed by atoms with Crippen LogP contribution in [0.5, 0.6) is 0 Å². The predicted octanol–water partition coefficient (Wildman–Crippen LogP) is -1.95. The number of benzene rings is 2. The van der Waals surface area contributed by atoms with E-state index in [0.717, 1.165) is 0 Å². The molecule has 0 bridgehead atoms. The van der Waals surface area contributed by atoms with Crippen LogP contribution in [-0.4, -0.2) is 0 Å². The van der Waals surface area contributed by atoms with Crippen molar-refractivity contribution >= 4 is 0 Å². The van der Waals surface area contributed by atoms with Gasteiger partial charge in [0.05, 0.1) is 0 Å². The van der Waals surface area contributed by atoms with E-state index in [1.54, 1.807) is 0 Å². The molecule has 2 rings (SSSR count). The zero-order valence-electron chi connectivity index (χ0n) is 11.2. The summed E-state index contributed by atoms with van der Waals surface area (Å²) in [6.07, 6.45) is 0. The first-order chi connectivity index (χ1) is 8.06. The van der Waals surface area contributed by atoms with Crippen LogP contribution in [0.25, 0.3) is 0 Å². The van der Waals surface area contributed by atoms with E-state index in [1.807, 2.05) is 0 Å². The number of hydrogen-bond acceptors (Lipinski definition) is 0. The zero-order chi connectivity index (χ0) is 12.4. The van der Waals surface area contributed by atoms with Crippen molar-refractivity contribution in [2.75, 3.05) is 0 Å². The van der Waals surface area contributed by atoms with Crippen LogP contribution >= 0.6 is 0 Å². The lowest BCUT2D eigenvalue weighted by Crippen LogP contribution is -3.61. The van der Waals surface area contributed by atoms with Gasteiger partial charge in [0.1, 0.15) is 0 Å². The van der Waals surface area contributed by atoms with Gasteiger partial charge < -0.3 is 12.4 Å².